The molecular formula is C14H17BrO3. The van der Waals surface area contributed by atoms with Crippen LogP contribution in [0.3, 0.4) is 0 Å². The fourth-order valence-electron chi connectivity index (χ4n) is 2.98. The van der Waals surface area contributed by atoms with E-state index in [2.05, 4.69) is 15.9 Å². The molecule has 1 aliphatic heterocycles. The van der Waals surface area contributed by atoms with E-state index in [1.165, 1.54) is 0 Å². The van der Waals surface area contributed by atoms with Crippen LogP contribution in [0.25, 0.3) is 0 Å². The number of halogens is 1. The second-order valence-electron chi connectivity index (χ2n) is 5.17. The molecule has 0 bridgehead atoms. The summed E-state index contributed by atoms with van der Waals surface area (Å²) in [5.41, 5.74) is 0.676. The van der Waals surface area contributed by atoms with E-state index >= 15 is 0 Å². The second-order valence-corrected chi connectivity index (χ2v) is 6.09. The Hall–Kier alpha value is -0.580. The molecule has 1 aromatic rings. The molecule has 0 radical (unpaired) electrons. The van der Waals surface area contributed by atoms with Gasteiger partial charge in [-0.2, -0.15) is 0 Å². The molecule has 1 N–H and O–H groups in total. The molecule has 0 aromatic heterocycles. The van der Waals surface area contributed by atoms with Crippen molar-refractivity contribution < 1.29 is 14.6 Å². The zero-order valence-electron chi connectivity index (χ0n) is 10.4. The average molecular weight is 313 g/mol. The van der Waals surface area contributed by atoms with Crippen molar-refractivity contribution in [1.82, 2.24) is 0 Å². The number of rotatable bonds is 2. The summed E-state index contributed by atoms with van der Waals surface area (Å²) in [7, 11) is 0. The van der Waals surface area contributed by atoms with Gasteiger partial charge in [0.15, 0.2) is 0 Å². The molecule has 98 valence electrons. The molecule has 0 unspecified atom stereocenters. The minimum absolute atomic E-state index is 0.208. The highest BCUT2D eigenvalue weighted by Crippen LogP contribution is 2.50. The topological polar surface area (TPSA) is 38.7 Å². The van der Waals surface area contributed by atoms with Gasteiger partial charge in [-0.25, -0.2) is 0 Å². The standard InChI is InChI=1S/C14H17BrO3/c1-2-17-10-6-14(7-10)8-12(16)11-5-9(15)3-4-13(11)18-14/h3-5,10,12,16H,2,6-8H2,1H3/t10?,12-,14?/m0/s1. The second kappa shape index (κ2) is 4.51. The molecule has 4 heteroatoms. The molecule has 1 spiro atoms. The van der Waals surface area contributed by atoms with E-state index < -0.39 is 6.10 Å². The molecule has 2 aliphatic rings. The maximum atomic E-state index is 10.3. The quantitative estimate of drug-likeness (QED) is 0.911. The third-order valence-corrected chi connectivity index (χ3v) is 4.32. The molecule has 1 aliphatic carbocycles. The van der Waals surface area contributed by atoms with Crippen LogP contribution in [0.4, 0.5) is 0 Å². The molecule has 1 saturated carbocycles. The molecule has 1 heterocycles. The van der Waals surface area contributed by atoms with Gasteiger partial charge in [0.1, 0.15) is 11.4 Å². The Morgan fingerprint density at radius 2 is 2.22 bits per heavy atom. The van der Waals surface area contributed by atoms with Gasteiger partial charge in [-0.1, -0.05) is 15.9 Å². The Morgan fingerprint density at radius 1 is 1.44 bits per heavy atom. The summed E-state index contributed by atoms with van der Waals surface area (Å²) in [6.45, 7) is 2.75. The molecule has 1 atom stereocenters. The van der Waals surface area contributed by atoms with E-state index in [0.29, 0.717) is 12.5 Å². The van der Waals surface area contributed by atoms with Gasteiger partial charge in [-0.15, -0.1) is 0 Å². The van der Waals surface area contributed by atoms with Crippen LogP contribution in [0.1, 0.15) is 37.9 Å². The van der Waals surface area contributed by atoms with Gasteiger partial charge in [0.2, 0.25) is 0 Å². The number of ether oxygens (including phenoxy) is 2. The van der Waals surface area contributed by atoms with Gasteiger partial charge in [-0.05, 0) is 25.1 Å². The SMILES string of the molecule is CCOC1CC2(C1)C[C@H](O)c1cc(Br)ccc1O2. The lowest BCUT2D eigenvalue weighted by molar-refractivity contribution is -0.147. The van der Waals surface area contributed by atoms with Gasteiger partial charge >= 0.3 is 0 Å². The zero-order chi connectivity index (χ0) is 12.8. The van der Waals surface area contributed by atoms with Crippen molar-refractivity contribution in [2.24, 2.45) is 0 Å². The van der Waals surface area contributed by atoms with Crippen LogP contribution in [0.2, 0.25) is 0 Å². The number of aliphatic hydroxyl groups excluding tert-OH is 1. The minimum Gasteiger partial charge on any atom is -0.487 e. The Bertz CT molecular complexity index is 454. The molecular weight excluding hydrogens is 296 g/mol. The van der Waals surface area contributed by atoms with Crippen LogP contribution in [-0.4, -0.2) is 23.4 Å². The lowest BCUT2D eigenvalue weighted by Crippen LogP contribution is -2.55. The number of hydrogen-bond acceptors (Lipinski definition) is 3. The Kier molecular flexibility index (Phi) is 3.12. The van der Waals surface area contributed by atoms with Gasteiger partial charge in [0.05, 0.1) is 12.2 Å². The molecule has 3 rings (SSSR count). The first-order chi connectivity index (χ1) is 8.62. The summed E-state index contributed by atoms with van der Waals surface area (Å²) in [5, 5.41) is 10.3. The highest BCUT2D eigenvalue weighted by molar-refractivity contribution is 9.10. The summed E-state index contributed by atoms with van der Waals surface area (Å²) < 4.78 is 12.6. The van der Waals surface area contributed by atoms with Crippen LogP contribution < -0.4 is 4.74 Å². The highest BCUT2D eigenvalue weighted by atomic mass is 79.9. The van der Waals surface area contributed by atoms with Crippen LogP contribution in [0.5, 0.6) is 5.75 Å². The molecule has 0 amide bonds. The van der Waals surface area contributed by atoms with E-state index in [0.717, 1.165) is 35.2 Å². The van der Waals surface area contributed by atoms with Crippen molar-refractivity contribution in [2.45, 2.75) is 44.0 Å². The number of aliphatic hydroxyl groups is 1. The van der Waals surface area contributed by atoms with E-state index in [4.69, 9.17) is 9.47 Å². The third-order valence-electron chi connectivity index (χ3n) is 3.82. The summed E-state index contributed by atoms with van der Waals surface area (Å²) in [6.07, 6.45) is 2.29. The van der Waals surface area contributed by atoms with Crippen molar-refractivity contribution in [2.75, 3.05) is 6.61 Å². The Labute approximate surface area is 115 Å². The summed E-state index contributed by atoms with van der Waals surface area (Å²) in [5.74, 6) is 0.812. The molecule has 1 aromatic carbocycles. The first kappa shape index (κ1) is 12.5. The van der Waals surface area contributed by atoms with E-state index in [9.17, 15) is 5.11 Å². The normalized spacial score (nSPS) is 33.7. The Morgan fingerprint density at radius 3 is 2.94 bits per heavy atom. The summed E-state index contributed by atoms with van der Waals surface area (Å²) in [6, 6.07) is 5.81. The fraction of sp³-hybridized carbons (Fsp3) is 0.571. The lowest BCUT2D eigenvalue weighted by atomic mass is 9.71. The minimum atomic E-state index is -0.436. The van der Waals surface area contributed by atoms with E-state index in [-0.39, 0.29) is 5.60 Å². The van der Waals surface area contributed by atoms with Crippen molar-refractivity contribution in [3.05, 3.63) is 28.2 Å². The number of hydrogen-bond donors (Lipinski definition) is 1. The largest absolute Gasteiger partial charge is 0.487 e. The van der Waals surface area contributed by atoms with Crippen LogP contribution in [0.15, 0.2) is 22.7 Å². The molecule has 18 heavy (non-hydrogen) atoms. The van der Waals surface area contributed by atoms with Crippen molar-refractivity contribution in [3.63, 3.8) is 0 Å². The monoisotopic (exact) mass is 312 g/mol. The van der Waals surface area contributed by atoms with Crippen molar-refractivity contribution in [1.29, 1.82) is 0 Å². The van der Waals surface area contributed by atoms with Gasteiger partial charge in [0, 0.05) is 35.9 Å². The van der Waals surface area contributed by atoms with Crippen molar-refractivity contribution in [3.8, 4) is 5.75 Å². The van der Waals surface area contributed by atoms with E-state index in [1.54, 1.807) is 0 Å². The average Bonchev–Trinajstić information content (AvgIpc) is 2.29. The van der Waals surface area contributed by atoms with Gasteiger partial charge in [-0.3, -0.25) is 0 Å². The molecule has 1 fully saturated rings. The first-order valence-corrected chi connectivity index (χ1v) is 7.19. The van der Waals surface area contributed by atoms with Gasteiger partial charge < -0.3 is 14.6 Å². The Balaban J connectivity index is 1.79. The van der Waals surface area contributed by atoms with Crippen LogP contribution >= 0.6 is 15.9 Å². The third kappa shape index (κ3) is 2.06. The van der Waals surface area contributed by atoms with Crippen LogP contribution in [-0.2, 0) is 4.74 Å². The maximum absolute atomic E-state index is 10.3. The summed E-state index contributed by atoms with van der Waals surface area (Å²) in [4.78, 5) is 0. The predicted octanol–water partition coefficient (Wildman–Crippen LogP) is 3.20. The number of fused-ring (bicyclic) bond motifs is 1. The zero-order valence-corrected chi connectivity index (χ0v) is 11.9. The summed E-state index contributed by atoms with van der Waals surface area (Å²) >= 11 is 3.42. The predicted molar refractivity (Wildman–Crippen MR) is 71.7 cm³/mol. The molecule has 0 saturated heterocycles. The maximum Gasteiger partial charge on any atom is 0.126 e. The number of benzene rings is 1. The van der Waals surface area contributed by atoms with E-state index in [1.807, 2.05) is 25.1 Å². The fourth-order valence-corrected chi connectivity index (χ4v) is 3.36. The first-order valence-electron chi connectivity index (χ1n) is 6.40. The lowest BCUT2D eigenvalue weighted by Gasteiger charge is -2.50. The highest BCUT2D eigenvalue weighted by Gasteiger charge is 2.51. The molecule has 3 nitrogen and oxygen atoms in total. The van der Waals surface area contributed by atoms with Gasteiger partial charge in [0.25, 0.3) is 0 Å². The van der Waals surface area contributed by atoms with Crippen molar-refractivity contribution >= 4 is 15.9 Å². The van der Waals surface area contributed by atoms with Crippen LogP contribution in [0, 0.1) is 0 Å². The smallest absolute Gasteiger partial charge is 0.126 e.